The first-order valence-corrected chi connectivity index (χ1v) is 6.96. The minimum Gasteiger partial charge on any atom is -0.366 e. The lowest BCUT2D eigenvalue weighted by molar-refractivity contribution is -0.136. The number of hydrogen-bond donors (Lipinski definition) is 2. The molecule has 0 unspecified atom stereocenters. The summed E-state index contributed by atoms with van der Waals surface area (Å²) in [5.41, 5.74) is 6.73. The monoisotopic (exact) mass is 289 g/mol. The van der Waals surface area contributed by atoms with E-state index in [4.69, 9.17) is 5.73 Å². The third-order valence-corrected chi connectivity index (χ3v) is 3.55. The number of amides is 3. The number of carbonyl (C=O) groups is 3. The molecule has 3 amide bonds. The third-order valence-electron chi connectivity index (χ3n) is 3.55. The van der Waals surface area contributed by atoms with Gasteiger partial charge in [0.25, 0.3) is 5.91 Å². The van der Waals surface area contributed by atoms with Crippen molar-refractivity contribution in [2.75, 3.05) is 18.4 Å². The molecule has 1 aromatic carbocycles. The van der Waals surface area contributed by atoms with Crippen LogP contribution in [-0.4, -0.2) is 35.7 Å². The van der Waals surface area contributed by atoms with E-state index >= 15 is 0 Å². The highest BCUT2D eigenvalue weighted by molar-refractivity contribution is 6.04. The Morgan fingerprint density at radius 1 is 1.33 bits per heavy atom. The summed E-state index contributed by atoms with van der Waals surface area (Å²) in [7, 11) is 0. The standard InChI is InChI=1S/C15H19N3O3/c1-10-5-4-6-11(14(10)15(16)21)17-12(19)9-18-8-3-2-7-13(18)20/h4-6H,2-3,7-9H2,1H3,(H2,16,21)(H,17,19). The summed E-state index contributed by atoms with van der Waals surface area (Å²) >= 11 is 0. The highest BCUT2D eigenvalue weighted by Gasteiger charge is 2.21. The van der Waals surface area contributed by atoms with Gasteiger partial charge in [-0.25, -0.2) is 0 Å². The van der Waals surface area contributed by atoms with Crippen molar-refractivity contribution in [2.24, 2.45) is 5.73 Å². The lowest BCUT2D eigenvalue weighted by Gasteiger charge is -2.26. The molecule has 0 saturated carbocycles. The first kappa shape index (κ1) is 15.0. The topological polar surface area (TPSA) is 92.5 Å². The highest BCUT2D eigenvalue weighted by Crippen LogP contribution is 2.19. The maximum Gasteiger partial charge on any atom is 0.251 e. The summed E-state index contributed by atoms with van der Waals surface area (Å²) in [6.45, 7) is 2.36. The normalized spacial score (nSPS) is 14.9. The van der Waals surface area contributed by atoms with Crippen molar-refractivity contribution in [3.05, 3.63) is 29.3 Å². The smallest absolute Gasteiger partial charge is 0.251 e. The molecule has 3 N–H and O–H groups in total. The van der Waals surface area contributed by atoms with Crippen molar-refractivity contribution in [1.82, 2.24) is 4.90 Å². The number of hydrogen-bond acceptors (Lipinski definition) is 3. The summed E-state index contributed by atoms with van der Waals surface area (Å²) in [6.07, 6.45) is 2.28. The second-order valence-corrected chi connectivity index (χ2v) is 5.18. The van der Waals surface area contributed by atoms with Crippen LogP contribution in [0.2, 0.25) is 0 Å². The van der Waals surface area contributed by atoms with Crippen LogP contribution in [0.3, 0.4) is 0 Å². The van der Waals surface area contributed by atoms with Crippen molar-refractivity contribution in [3.8, 4) is 0 Å². The van der Waals surface area contributed by atoms with E-state index in [1.165, 1.54) is 0 Å². The number of nitrogens with two attached hydrogens (primary N) is 1. The molecule has 1 aliphatic rings. The van der Waals surface area contributed by atoms with Crippen LogP contribution in [0.1, 0.15) is 35.2 Å². The average molecular weight is 289 g/mol. The first-order chi connectivity index (χ1) is 9.99. The molecule has 0 atom stereocenters. The van der Waals surface area contributed by atoms with E-state index in [1.54, 1.807) is 30.0 Å². The lowest BCUT2D eigenvalue weighted by atomic mass is 10.1. The highest BCUT2D eigenvalue weighted by atomic mass is 16.2. The van der Waals surface area contributed by atoms with E-state index in [2.05, 4.69) is 5.32 Å². The van der Waals surface area contributed by atoms with Crippen LogP contribution < -0.4 is 11.1 Å². The number of rotatable bonds is 4. The van der Waals surface area contributed by atoms with Crippen LogP contribution in [0.15, 0.2) is 18.2 Å². The Bertz CT molecular complexity index is 584. The van der Waals surface area contributed by atoms with Gasteiger partial charge in [0.1, 0.15) is 0 Å². The zero-order chi connectivity index (χ0) is 15.4. The van der Waals surface area contributed by atoms with Crippen LogP contribution in [0, 0.1) is 6.92 Å². The predicted octanol–water partition coefficient (Wildman–Crippen LogP) is 1.04. The molecular weight excluding hydrogens is 270 g/mol. The zero-order valence-corrected chi connectivity index (χ0v) is 12.0. The zero-order valence-electron chi connectivity index (χ0n) is 12.0. The first-order valence-electron chi connectivity index (χ1n) is 6.96. The molecule has 0 aliphatic carbocycles. The molecule has 112 valence electrons. The van der Waals surface area contributed by atoms with E-state index in [-0.39, 0.29) is 18.4 Å². The van der Waals surface area contributed by atoms with E-state index in [0.717, 1.165) is 12.8 Å². The van der Waals surface area contributed by atoms with E-state index in [9.17, 15) is 14.4 Å². The fourth-order valence-corrected chi connectivity index (χ4v) is 2.49. The number of nitrogens with one attached hydrogen (secondary N) is 1. The quantitative estimate of drug-likeness (QED) is 0.867. The molecule has 6 nitrogen and oxygen atoms in total. The fourth-order valence-electron chi connectivity index (χ4n) is 2.49. The van der Waals surface area contributed by atoms with Crippen LogP contribution in [0.25, 0.3) is 0 Å². The van der Waals surface area contributed by atoms with Gasteiger partial charge in [-0.2, -0.15) is 0 Å². The molecule has 0 spiro atoms. The average Bonchev–Trinajstić information content (AvgIpc) is 2.41. The van der Waals surface area contributed by atoms with Gasteiger partial charge in [-0.3, -0.25) is 14.4 Å². The minimum absolute atomic E-state index is 0.00392. The number of anilines is 1. The van der Waals surface area contributed by atoms with Crippen molar-refractivity contribution >= 4 is 23.4 Å². The van der Waals surface area contributed by atoms with Crippen LogP contribution >= 0.6 is 0 Å². The molecular formula is C15H19N3O3. The summed E-state index contributed by atoms with van der Waals surface area (Å²) in [5, 5.41) is 2.67. The fraction of sp³-hybridized carbons (Fsp3) is 0.400. The molecule has 21 heavy (non-hydrogen) atoms. The van der Waals surface area contributed by atoms with E-state index in [0.29, 0.717) is 29.8 Å². The number of aryl methyl sites for hydroxylation is 1. The largest absolute Gasteiger partial charge is 0.366 e. The Balaban J connectivity index is 2.08. The van der Waals surface area contributed by atoms with Crippen LogP contribution in [0.4, 0.5) is 5.69 Å². The van der Waals surface area contributed by atoms with Crippen molar-refractivity contribution in [3.63, 3.8) is 0 Å². The molecule has 0 aromatic heterocycles. The van der Waals surface area contributed by atoms with Crippen molar-refractivity contribution < 1.29 is 14.4 Å². The molecule has 1 heterocycles. The summed E-state index contributed by atoms with van der Waals surface area (Å²) in [4.78, 5) is 36.8. The van der Waals surface area contributed by atoms with E-state index < -0.39 is 5.91 Å². The van der Waals surface area contributed by atoms with Crippen LogP contribution in [-0.2, 0) is 9.59 Å². The van der Waals surface area contributed by atoms with Crippen molar-refractivity contribution in [2.45, 2.75) is 26.2 Å². The number of piperidine rings is 1. The molecule has 1 saturated heterocycles. The Hall–Kier alpha value is -2.37. The maximum absolute atomic E-state index is 12.1. The summed E-state index contributed by atoms with van der Waals surface area (Å²) in [5.74, 6) is -0.911. The van der Waals surface area contributed by atoms with Gasteiger partial charge in [0.15, 0.2) is 0 Å². The molecule has 6 heteroatoms. The number of primary amides is 1. The number of nitrogens with zero attached hydrogens (tertiary/aromatic N) is 1. The Morgan fingerprint density at radius 3 is 2.76 bits per heavy atom. The van der Waals surface area contributed by atoms with Gasteiger partial charge < -0.3 is 16.0 Å². The van der Waals surface area contributed by atoms with Crippen LogP contribution in [0.5, 0.6) is 0 Å². The molecule has 0 radical (unpaired) electrons. The molecule has 1 fully saturated rings. The molecule has 0 bridgehead atoms. The van der Waals surface area contributed by atoms with Gasteiger partial charge in [-0.1, -0.05) is 12.1 Å². The predicted molar refractivity (Wildman–Crippen MR) is 78.8 cm³/mol. The maximum atomic E-state index is 12.1. The Kier molecular flexibility index (Phi) is 4.57. The van der Waals surface area contributed by atoms with Gasteiger partial charge >= 0.3 is 0 Å². The van der Waals surface area contributed by atoms with E-state index in [1.807, 2.05) is 0 Å². The number of benzene rings is 1. The Labute approximate surface area is 123 Å². The third kappa shape index (κ3) is 3.59. The van der Waals surface area contributed by atoms with Gasteiger partial charge in [0.2, 0.25) is 11.8 Å². The second-order valence-electron chi connectivity index (χ2n) is 5.18. The van der Waals surface area contributed by atoms with Crippen molar-refractivity contribution in [1.29, 1.82) is 0 Å². The van der Waals surface area contributed by atoms with Gasteiger partial charge in [-0.15, -0.1) is 0 Å². The SMILES string of the molecule is Cc1cccc(NC(=O)CN2CCCCC2=O)c1C(N)=O. The second kappa shape index (κ2) is 6.39. The lowest BCUT2D eigenvalue weighted by Crippen LogP contribution is -2.41. The van der Waals surface area contributed by atoms with Gasteiger partial charge in [-0.05, 0) is 31.4 Å². The summed E-state index contributed by atoms with van der Waals surface area (Å²) < 4.78 is 0. The summed E-state index contributed by atoms with van der Waals surface area (Å²) in [6, 6.07) is 5.12. The number of likely N-dealkylation sites (tertiary alicyclic amines) is 1. The molecule has 1 aromatic rings. The Morgan fingerprint density at radius 2 is 2.10 bits per heavy atom. The molecule has 1 aliphatic heterocycles. The molecule has 2 rings (SSSR count). The number of carbonyl (C=O) groups excluding carboxylic acids is 3. The van der Waals surface area contributed by atoms with Gasteiger partial charge in [0, 0.05) is 13.0 Å². The minimum atomic E-state index is -0.586. The van der Waals surface area contributed by atoms with Gasteiger partial charge in [0.05, 0.1) is 17.8 Å².